The van der Waals surface area contributed by atoms with Crippen molar-refractivity contribution < 1.29 is 23.5 Å². The van der Waals surface area contributed by atoms with Crippen molar-refractivity contribution >= 4 is 22.7 Å². The highest BCUT2D eigenvalue weighted by atomic mass is 19.1. The molecule has 29 heavy (non-hydrogen) atoms. The monoisotopic (exact) mass is 399 g/mol. The Morgan fingerprint density at radius 3 is 2.59 bits per heavy atom. The predicted octanol–water partition coefficient (Wildman–Crippen LogP) is 2.02. The summed E-state index contributed by atoms with van der Waals surface area (Å²) < 4.78 is 27.5. The summed E-state index contributed by atoms with van der Waals surface area (Å²) in [5.74, 6) is -2.20. The van der Waals surface area contributed by atoms with Crippen LogP contribution < -0.4 is 10.6 Å². The summed E-state index contributed by atoms with van der Waals surface area (Å²) in [4.78, 5) is 27.2. The molecule has 150 valence electrons. The second kappa shape index (κ2) is 7.63. The molecule has 4 N–H and O–H groups in total. The van der Waals surface area contributed by atoms with Crippen LogP contribution in [0, 0.1) is 11.6 Å². The van der Waals surface area contributed by atoms with Crippen LogP contribution >= 0.6 is 0 Å². The molecule has 1 aliphatic rings. The molecular weight excluding hydrogens is 380 g/mol. The van der Waals surface area contributed by atoms with E-state index in [-0.39, 0.29) is 19.4 Å². The zero-order chi connectivity index (χ0) is 20.5. The minimum absolute atomic E-state index is 0.0448. The maximum atomic E-state index is 13.7. The molecule has 2 amide bonds. The lowest BCUT2D eigenvalue weighted by Crippen LogP contribution is -2.45. The molecule has 0 spiro atoms. The van der Waals surface area contributed by atoms with Crippen molar-refractivity contribution in [3.8, 4) is 11.3 Å². The summed E-state index contributed by atoms with van der Waals surface area (Å²) in [5, 5.41) is 15.6. The summed E-state index contributed by atoms with van der Waals surface area (Å²) in [6, 6.07) is 9.69. The van der Waals surface area contributed by atoms with Crippen LogP contribution in [0.3, 0.4) is 0 Å². The minimum atomic E-state index is -0.970. The first-order chi connectivity index (χ1) is 13.9. The molecule has 0 saturated carbocycles. The lowest BCUT2D eigenvalue weighted by molar-refractivity contribution is -0.128. The van der Waals surface area contributed by atoms with Crippen LogP contribution in [0.1, 0.15) is 12.0 Å². The molecule has 4 rings (SSSR count). The standard InChI is InChI=1S/C21H19F2N3O3/c22-12-7-11(8-13(23)9-12)19-15(14-3-1-2-4-16(14)25-19)5-6-18(28)26-20-17(27)10-24-21(20)29/h1-4,7-9,17,20,25,27H,5-6,10H2,(H,24,29)(H,26,28)/t17-,20+/m1/s1. The molecule has 0 aliphatic carbocycles. The van der Waals surface area contributed by atoms with Crippen LogP contribution in [-0.2, 0) is 16.0 Å². The first-order valence-corrected chi connectivity index (χ1v) is 9.23. The van der Waals surface area contributed by atoms with Gasteiger partial charge in [-0.3, -0.25) is 9.59 Å². The van der Waals surface area contributed by atoms with Gasteiger partial charge in [0.05, 0.1) is 0 Å². The normalized spacial score (nSPS) is 18.8. The van der Waals surface area contributed by atoms with E-state index in [1.54, 1.807) is 0 Å². The van der Waals surface area contributed by atoms with E-state index in [1.807, 2.05) is 24.3 Å². The van der Waals surface area contributed by atoms with Crippen LogP contribution in [0.2, 0.25) is 0 Å². The van der Waals surface area contributed by atoms with Gasteiger partial charge in [-0.2, -0.15) is 0 Å². The summed E-state index contributed by atoms with van der Waals surface area (Å²) in [5.41, 5.74) is 2.42. The molecular formula is C21H19F2N3O3. The number of aliphatic hydroxyl groups is 1. The summed E-state index contributed by atoms with van der Waals surface area (Å²) in [7, 11) is 0. The van der Waals surface area contributed by atoms with E-state index in [1.165, 1.54) is 12.1 Å². The molecule has 0 bridgehead atoms. The fourth-order valence-corrected chi connectivity index (χ4v) is 3.66. The number of para-hydroxylation sites is 1. The highest BCUT2D eigenvalue weighted by Crippen LogP contribution is 2.32. The number of carbonyl (C=O) groups is 2. The van der Waals surface area contributed by atoms with Crippen molar-refractivity contribution in [3.63, 3.8) is 0 Å². The van der Waals surface area contributed by atoms with Crippen molar-refractivity contribution in [2.24, 2.45) is 0 Å². The number of nitrogens with one attached hydrogen (secondary N) is 3. The number of hydrogen-bond donors (Lipinski definition) is 4. The molecule has 8 heteroatoms. The number of H-pyrrole nitrogens is 1. The average molecular weight is 399 g/mol. The van der Waals surface area contributed by atoms with Crippen LogP contribution in [0.4, 0.5) is 8.78 Å². The maximum absolute atomic E-state index is 13.7. The Kier molecular flexibility index (Phi) is 5.02. The molecule has 1 aromatic heterocycles. The van der Waals surface area contributed by atoms with Crippen molar-refractivity contribution in [2.45, 2.75) is 25.0 Å². The Morgan fingerprint density at radius 1 is 1.17 bits per heavy atom. The molecule has 1 fully saturated rings. The number of carbonyl (C=O) groups excluding carboxylic acids is 2. The van der Waals surface area contributed by atoms with Crippen molar-refractivity contribution in [1.29, 1.82) is 0 Å². The predicted molar refractivity (Wildman–Crippen MR) is 103 cm³/mol. The Hall–Kier alpha value is -3.26. The van der Waals surface area contributed by atoms with Crippen LogP contribution in [-0.4, -0.2) is 40.6 Å². The van der Waals surface area contributed by atoms with Gasteiger partial charge < -0.3 is 20.7 Å². The molecule has 2 aromatic carbocycles. The lowest BCUT2D eigenvalue weighted by Gasteiger charge is -2.14. The molecule has 1 saturated heterocycles. The summed E-state index contributed by atoms with van der Waals surface area (Å²) in [6.07, 6.45) is -0.637. The number of amides is 2. The second-order valence-electron chi connectivity index (χ2n) is 7.04. The third-order valence-electron chi connectivity index (χ3n) is 5.04. The number of halogens is 2. The van der Waals surface area contributed by atoms with E-state index < -0.39 is 35.6 Å². The van der Waals surface area contributed by atoms with E-state index in [0.29, 0.717) is 11.3 Å². The molecule has 1 aliphatic heterocycles. The Morgan fingerprint density at radius 2 is 1.90 bits per heavy atom. The van der Waals surface area contributed by atoms with Crippen LogP contribution in [0.25, 0.3) is 22.2 Å². The molecule has 0 radical (unpaired) electrons. The van der Waals surface area contributed by atoms with Gasteiger partial charge in [0.2, 0.25) is 11.8 Å². The van der Waals surface area contributed by atoms with Gasteiger partial charge in [-0.05, 0) is 30.2 Å². The van der Waals surface area contributed by atoms with Crippen molar-refractivity contribution in [2.75, 3.05) is 6.54 Å². The van der Waals surface area contributed by atoms with Gasteiger partial charge in [0.1, 0.15) is 23.8 Å². The Balaban J connectivity index is 1.61. The molecule has 6 nitrogen and oxygen atoms in total. The third-order valence-corrected chi connectivity index (χ3v) is 5.04. The van der Waals surface area contributed by atoms with Gasteiger partial charge in [0, 0.05) is 41.2 Å². The highest BCUT2D eigenvalue weighted by molar-refractivity contribution is 5.92. The van der Waals surface area contributed by atoms with Gasteiger partial charge in [0.15, 0.2) is 0 Å². The highest BCUT2D eigenvalue weighted by Gasteiger charge is 2.34. The number of rotatable bonds is 5. The topological polar surface area (TPSA) is 94.2 Å². The number of aryl methyl sites for hydroxylation is 1. The van der Waals surface area contributed by atoms with Crippen LogP contribution in [0.15, 0.2) is 42.5 Å². The van der Waals surface area contributed by atoms with E-state index >= 15 is 0 Å². The first kappa shape index (κ1) is 19.1. The second-order valence-corrected chi connectivity index (χ2v) is 7.04. The molecule has 0 unspecified atom stereocenters. The first-order valence-electron chi connectivity index (χ1n) is 9.23. The van der Waals surface area contributed by atoms with Gasteiger partial charge in [-0.15, -0.1) is 0 Å². The Labute approximate surface area is 164 Å². The zero-order valence-corrected chi connectivity index (χ0v) is 15.3. The number of aliphatic hydroxyl groups excluding tert-OH is 1. The van der Waals surface area contributed by atoms with Crippen molar-refractivity contribution in [3.05, 3.63) is 59.7 Å². The van der Waals surface area contributed by atoms with Gasteiger partial charge in [-0.1, -0.05) is 18.2 Å². The number of aromatic amines is 1. The fourth-order valence-electron chi connectivity index (χ4n) is 3.66. The number of β-amino-alcohol motifs (C(OH)–C–C–N with tert-alkyl or cyclic N) is 1. The van der Waals surface area contributed by atoms with Crippen molar-refractivity contribution in [1.82, 2.24) is 15.6 Å². The zero-order valence-electron chi connectivity index (χ0n) is 15.3. The summed E-state index contributed by atoms with van der Waals surface area (Å²) >= 11 is 0. The van der Waals surface area contributed by atoms with Gasteiger partial charge in [0.25, 0.3) is 0 Å². The quantitative estimate of drug-likeness (QED) is 0.529. The van der Waals surface area contributed by atoms with Gasteiger partial charge >= 0.3 is 0 Å². The largest absolute Gasteiger partial charge is 0.389 e. The minimum Gasteiger partial charge on any atom is -0.389 e. The number of benzene rings is 2. The van der Waals surface area contributed by atoms with E-state index in [9.17, 15) is 23.5 Å². The maximum Gasteiger partial charge on any atom is 0.245 e. The lowest BCUT2D eigenvalue weighted by atomic mass is 10.0. The SMILES string of the molecule is O=C(CCc1c(-c2cc(F)cc(F)c2)[nH]c2ccccc12)N[C@@H]1C(=O)NC[C@H]1O. The van der Waals surface area contributed by atoms with E-state index in [2.05, 4.69) is 15.6 Å². The number of fused-ring (bicyclic) bond motifs is 1. The molecule has 3 aromatic rings. The Bertz CT molecular complexity index is 1080. The summed E-state index contributed by atoms with van der Waals surface area (Å²) in [6.45, 7) is 0.0987. The third kappa shape index (κ3) is 3.84. The number of hydrogen-bond acceptors (Lipinski definition) is 3. The smallest absolute Gasteiger partial charge is 0.245 e. The van der Waals surface area contributed by atoms with Gasteiger partial charge in [-0.25, -0.2) is 8.78 Å². The van der Waals surface area contributed by atoms with Crippen LogP contribution in [0.5, 0.6) is 0 Å². The molecule has 2 atom stereocenters. The molecule has 2 heterocycles. The fraction of sp³-hybridized carbons (Fsp3) is 0.238. The van der Waals surface area contributed by atoms with E-state index in [0.717, 1.165) is 22.5 Å². The van der Waals surface area contributed by atoms with E-state index in [4.69, 9.17) is 0 Å². The average Bonchev–Trinajstić information content (AvgIpc) is 3.20. The number of aromatic nitrogens is 1.